The van der Waals surface area contributed by atoms with Gasteiger partial charge in [0.1, 0.15) is 42.6 Å². The van der Waals surface area contributed by atoms with Gasteiger partial charge < -0.3 is 18.9 Å². The Labute approximate surface area is 171 Å². The summed E-state index contributed by atoms with van der Waals surface area (Å²) in [6.45, 7) is 2.80. The molecule has 28 heavy (non-hydrogen) atoms. The standard InChI is InChI=1S/C21H19BrN2O4/c22-20-9-24(15-3-7-17(8-4-15)26-11-19-13-28-19)23-21(20)14-1-5-16(6-2-14)25-10-18-12-27-18/h1-9,18-19H,10-13H2. The Morgan fingerprint density at radius 3 is 1.96 bits per heavy atom. The quantitative estimate of drug-likeness (QED) is 0.495. The van der Waals surface area contributed by atoms with Crippen LogP contribution in [0.4, 0.5) is 0 Å². The molecule has 6 nitrogen and oxygen atoms in total. The van der Waals surface area contributed by atoms with E-state index in [-0.39, 0.29) is 12.2 Å². The third kappa shape index (κ3) is 4.22. The maximum absolute atomic E-state index is 5.69. The van der Waals surface area contributed by atoms with Crippen molar-refractivity contribution in [3.8, 4) is 28.4 Å². The molecule has 7 heteroatoms. The van der Waals surface area contributed by atoms with Crippen LogP contribution in [0, 0.1) is 0 Å². The molecular formula is C21H19BrN2O4. The molecule has 0 N–H and O–H groups in total. The Morgan fingerprint density at radius 1 is 0.893 bits per heavy atom. The second-order valence-corrected chi connectivity index (χ2v) is 7.68. The van der Waals surface area contributed by atoms with E-state index in [2.05, 4.69) is 15.9 Å². The SMILES string of the molecule is Brc1cn(-c2ccc(OCC3CO3)cc2)nc1-c1ccc(OCC2CO2)cc1. The molecule has 0 bridgehead atoms. The summed E-state index contributed by atoms with van der Waals surface area (Å²) in [5, 5.41) is 4.73. The van der Waals surface area contributed by atoms with E-state index in [1.54, 1.807) is 0 Å². The van der Waals surface area contributed by atoms with E-state index in [4.69, 9.17) is 24.0 Å². The van der Waals surface area contributed by atoms with Crippen LogP contribution in [0.15, 0.2) is 59.2 Å². The predicted molar refractivity (Wildman–Crippen MR) is 107 cm³/mol. The summed E-state index contributed by atoms with van der Waals surface area (Å²) in [6, 6.07) is 15.8. The van der Waals surface area contributed by atoms with Crippen LogP contribution in [0.1, 0.15) is 0 Å². The lowest BCUT2D eigenvalue weighted by molar-refractivity contribution is 0.263. The highest BCUT2D eigenvalue weighted by molar-refractivity contribution is 9.10. The molecule has 0 radical (unpaired) electrons. The topological polar surface area (TPSA) is 61.3 Å². The van der Waals surface area contributed by atoms with Crippen molar-refractivity contribution < 1.29 is 18.9 Å². The fourth-order valence-electron chi connectivity index (χ4n) is 2.79. The number of hydrogen-bond acceptors (Lipinski definition) is 5. The number of benzene rings is 2. The van der Waals surface area contributed by atoms with Gasteiger partial charge in [0, 0.05) is 11.8 Å². The molecule has 2 saturated heterocycles. The van der Waals surface area contributed by atoms with Crippen molar-refractivity contribution in [1.82, 2.24) is 9.78 Å². The van der Waals surface area contributed by atoms with Crippen molar-refractivity contribution in [2.75, 3.05) is 26.4 Å². The number of hydrogen-bond donors (Lipinski definition) is 0. The lowest BCUT2D eigenvalue weighted by Gasteiger charge is -2.06. The second kappa shape index (κ2) is 7.58. The average Bonchev–Trinajstić information content (AvgIpc) is 3.65. The second-order valence-electron chi connectivity index (χ2n) is 6.82. The number of rotatable bonds is 8. The predicted octanol–water partition coefficient (Wildman–Crippen LogP) is 3.86. The number of epoxide rings is 2. The highest BCUT2D eigenvalue weighted by Gasteiger charge is 2.23. The molecule has 2 unspecified atom stereocenters. The van der Waals surface area contributed by atoms with E-state index in [1.165, 1.54) is 0 Å². The maximum atomic E-state index is 5.69. The molecule has 0 amide bonds. The van der Waals surface area contributed by atoms with Crippen LogP contribution in [-0.4, -0.2) is 48.4 Å². The molecule has 0 saturated carbocycles. The van der Waals surface area contributed by atoms with Gasteiger partial charge in [-0.2, -0.15) is 5.10 Å². The third-order valence-corrected chi connectivity index (χ3v) is 5.16. The van der Waals surface area contributed by atoms with E-state index < -0.39 is 0 Å². The molecular weight excluding hydrogens is 424 g/mol. The normalized spacial score (nSPS) is 20.0. The van der Waals surface area contributed by atoms with Crippen LogP contribution in [0.2, 0.25) is 0 Å². The Bertz CT molecular complexity index is 948. The molecule has 3 aromatic rings. The third-order valence-electron chi connectivity index (χ3n) is 4.58. The van der Waals surface area contributed by atoms with Crippen molar-refractivity contribution in [3.63, 3.8) is 0 Å². The first kappa shape index (κ1) is 17.7. The summed E-state index contributed by atoms with van der Waals surface area (Å²) >= 11 is 3.62. The zero-order chi connectivity index (χ0) is 18.9. The van der Waals surface area contributed by atoms with Gasteiger partial charge in [-0.15, -0.1) is 0 Å². The van der Waals surface area contributed by atoms with Crippen LogP contribution in [0.3, 0.4) is 0 Å². The summed E-state index contributed by atoms with van der Waals surface area (Å²) in [6.07, 6.45) is 2.46. The molecule has 2 aliphatic rings. The van der Waals surface area contributed by atoms with Gasteiger partial charge in [0.25, 0.3) is 0 Å². The van der Waals surface area contributed by atoms with Gasteiger partial charge in [0.2, 0.25) is 0 Å². The zero-order valence-electron chi connectivity index (χ0n) is 15.1. The maximum Gasteiger partial charge on any atom is 0.119 e. The van der Waals surface area contributed by atoms with Gasteiger partial charge >= 0.3 is 0 Å². The number of ether oxygens (including phenoxy) is 4. The van der Waals surface area contributed by atoms with Gasteiger partial charge in [-0.3, -0.25) is 0 Å². The van der Waals surface area contributed by atoms with Crippen LogP contribution in [-0.2, 0) is 9.47 Å². The molecule has 5 rings (SSSR count). The van der Waals surface area contributed by atoms with Crippen molar-refractivity contribution in [2.45, 2.75) is 12.2 Å². The number of aromatic nitrogens is 2. The first-order chi connectivity index (χ1) is 13.7. The largest absolute Gasteiger partial charge is 0.491 e. The minimum absolute atomic E-state index is 0.253. The molecule has 144 valence electrons. The Hall–Kier alpha value is -2.35. The van der Waals surface area contributed by atoms with Crippen LogP contribution >= 0.6 is 15.9 Å². The summed E-state index contributed by atoms with van der Waals surface area (Å²) in [7, 11) is 0. The lowest BCUT2D eigenvalue weighted by Crippen LogP contribution is -2.04. The molecule has 2 aromatic carbocycles. The fraction of sp³-hybridized carbons (Fsp3) is 0.286. The van der Waals surface area contributed by atoms with Gasteiger partial charge in [0.15, 0.2) is 0 Å². The first-order valence-corrected chi connectivity index (χ1v) is 9.99. The van der Waals surface area contributed by atoms with Gasteiger partial charge in [-0.05, 0) is 64.5 Å². The molecule has 2 atom stereocenters. The highest BCUT2D eigenvalue weighted by atomic mass is 79.9. The van der Waals surface area contributed by atoms with E-state index >= 15 is 0 Å². The summed E-state index contributed by atoms with van der Waals surface area (Å²) < 4.78 is 24.5. The van der Waals surface area contributed by atoms with Crippen molar-refractivity contribution in [2.24, 2.45) is 0 Å². The van der Waals surface area contributed by atoms with E-state index in [0.29, 0.717) is 13.2 Å². The first-order valence-electron chi connectivity index (χ1n) is 9.19. The van der Waals surface area contributed by atoms with Crippen molar-refractivity contribution in [3.05, 3.63) is 59.2 Å². The van der Waals surface area contributed by atoms with Crippen molar-refractivity contribution >= 4 is 15.9 Å². The summed E-state index contributed by atoms with van der Waals surface area (Å²) in [5.74, 6) is 1.67. The van der Waals surface area contributed by atoms with E-state index in [0.717, 1.165) is 46.1 Å². The fourth-order valence-corrected chi connectivity index (χ4v) is 3.29. The average molecular weight is 443 g/mol. The monoisotopic (exact) mass is 442 g/mol. The molecule has 1 aromatic heterocycles. The molecule has 2 fully saturated rings. The Morgan fingerprint density at radius 2 is 1.43 bits per heavy atom. The van der Waals surface area contributed by atoms with E-state index in [1.807, 2.05) is 59.4 Å². The highest BCUT2D eigenvalue weighted by Crippen LogP contribution is 2.30. The summed E-state index contributed by atoms with van der Waals surface area (Å²) in [5.41, 5.74) is 2.86. The molecule has 0 aliphatic carbocycles. The Balaban J connectivity index is 1.28. The molecule has 0 spiro atoms. The van der Waals surface area contributed by atoms with Crippen LogP contribution < -0.4 is 9.47 Å². The molecule has 2 aliphatic heterocycles. The van der Waals surface area contributed by atoms with E-state index in [9.17, 15) is 0 Å². The van der Waals surface area contributed by atoms with Gasteiger partial charge in [-0.1, -0.05) is 0 Å². The zero-order valence-corrected chi connectivity index (χ0v) is 16.7. The van der Waals surface area contributed by atoms with Crippen molar-refractivity contribution in [1.29, 1.82) is 0 Å². The number of nitrogens with zero attached hydrogens (tertiary/aromatic N) is 2. The van der Waals surface area contributed by atoms with Gasteiger partial charge in [0.05, 0.1) is 23.4 Å². The smallest absolute Gasteiger partial charge is 0.119 e. The lowest BCUT2D eigenvalue weighted by atomic mass is 10.1. The van der Waals surface area contributed by atoms with Crippen LogP contribution in [0.25, 0.3) is 16.9 Å². The van der Waals surface area contributed by atoms with Gasteiger partial charge in [-0.25, -0.2) is 4.68 Å². The number of halogens is 1. The summed E-state index contributed by atoms with van der Waals surface area (Å²) in [4.78, 5) is 0. The minimum atomic E-state index is 0.253. The van der Waals surface area contributed by atoms with Crippen LogP contribution in [0.5, 0.6) is 11.5 Å². The Kier molecular flexibility index (Phi) is 4.80. The minimum Gasteiger partial charge on any atom is -0.491 e. The molecule has 3 heterocycles.